The first-order chi connectivity index (χ1) is 6.18. The van der Waals surface area contributed by atoms with Crippen LogP contribution < -0.4 is 5.73 Å². The number of nitrogens with two attached hydrogens (primary N) is 1. The van der Waals surface area contributed by atoms with Crippen molar-refractivity contribution in [2.75, 3.05) is 5.73 Å². The lowest BCUT2D eigenvalue weighted by Crippen LogP contribution is -1.97. The van der Waals surface area contributed by atoms with Crippen molar-refractivity contribution in [2.45, 2.75) is 19.3 Å². The fourth-order valence-corrected chi connectivity index (χ4v) is 1.03. The molecule has 1 aromatic heterocycles. The number of carboxylic acid groups (broad SMARTS) is 1. The minimum atomic E-state index is -0.761. The Hall–Kier alpha value is -1.58. The van der Waals surface area contributed by atoms with Gasteiger partial charge >= 0.3 is 5.97 Å². The zero-order valence-corrected chi connectivity index (χ0v) is 7.23. The summed E-state index contributed by atoms with van der Waals surface area (Å²) in [4.78, 5) is 14.1. The van der Waals surface area contributed by atoms with Crippen LogP contribution in [0.15, 0.2) is 18.3 Å². The van der Waals surface area contributed by atoms with Crippen LogP contribution in [-0.2, 0) is 11.2 Å². The van der Waals surface area contributed by atoms with Crippen molar-refractivity contribution in [3.05, 3.63) is 23.9 Å². The topological polar surface area (TPSA) is 76.2 Å². The Bertz CT molecular complexity index is 282. The predicted octanol–water partition coefficient (Wildman–Crippen LogP) is 1.07. The fraction of sp³-hybridized carbons (Fsp3) is 0.333. The SMILES string of the molecule is Nc1ccc(CCCC(=O)O)cn1. The summed E-state index contributed by atoms with van der Waals surface area (Å²) >= 11 is 0. The number of pyridine rings is 1. The molecular weight excluding hydrogens is 168 g/mol. The van der Waals surface area contributed by atoms with Crippen molar-refractivity contribution < 1.29 is 9.90 Å². The molecule has 4 nitrogen and oxygen atoms in total. The highest BCUT2D eigenvalue weighted by molar-refractivity contribution is 5.66. The van der Waals surface area contributed by atoms with Crippen molar-refractivity contribution in [3.63, 3.8) is 0 Å². The van der Waals surface area contributed by atoms with Gasteiger partial charge in [-0.3, -0.25) is 4.79 Å². The van der Waals surface area contributed by atoms with Crippen LogP contribution in [-0.4, -0.2) is 16.1 Å². The molecule has 0 aromatic carbocycles. The number of nitrogens with zero attached hydrogens (tertiary/aromatic N) is 1. The van der Waals surface area contributed by atoms with Crippen molar-refractivity contribution >= 4 is 11.8 Å². The number of hydrogen-bond donors (Lipinski definition) is 2. The van der Waals surface area contributed by atoms with Crippen LogP contribution in [0.2, 0.25) is 0 Å². The van der Waals surface area contributed by atoms with E-state index in [-0.39, 0.29) is 6.42 Å². The second kappa shape index (κ2) is 4.45. The van der Waals surface area contributed by atoms with E-state index in [2.05, 4.69) is 4.98 Å². The summed E-state index contributed by atoms with van der Waals surface area (Å²) in [6, 6.07) is 3.58. The highest BCUT2D eigenvalue weighted by Crippen LogP contribution is 2.05. The summed E-state index contributed by atoms with van der Waals surface area (Å²) in [5.41, 5.74) is 6.42. The lowest BCUT2D eigenvalue weighted by molar-refractivity contribution is -0.137. The van der Waals surface area contributed by atoms with Crippen LogP contribution >= 0.6 is 0 Å². The summed E-state index contributed by atoms with van der Waals surface area (Å²) in [6.07, 6.45) is 3.25. The van der Waals surface area contributed by atoms with Crippen molar-refractivity contribution in [1.29, 1.82) is 0 Å². The van der Waals surface area contributed by atoms with E-state index in [0.717, 1.165) is 12.0 Å². The third-order valence-corrected chi connectivity index (χ3v) is 1.70. The maximum absolute atomic E-state index is 10.2. The maximum Gasteiger partial charge on any atom is 0.303 e. The molecule has 1 heterocycles. The Morgan fingerprint density at radius 1 is 1.54 bits per heavy atom. The zero-order valence-electron chi connectivity index (χ0n) is 7.23. The first-order valence-corrected chi connectivity index (χ1v) is 4.10. The van der Waals surface area contributed by atoms with Gasteiger partial charge in [-0.2, -0.15) is 0 Å². The Balaban J connectivity index is 2.37. The van der Waals surface area contributed by atoms with E-state index >= 15 is 0 Å². The van der Waals surface area contributed by atoms with E-state index in [1.54, 1.807) is 12.3 Å². The minimum Gasteiger partial charge on any atom is -0.481 e. The van der Waals surface area contributed by atoms with Crippen LogP contribution in [0.3, 0.4) is 0 Å². The first kappa shape index (κ1) is 9.51. The second-order valence-electron chi connectivity index (χ2n) is 2.84. The van der Waals surface area contributed by atoms with Gasteiger partial charge in [0.25, 0.3) is 0 Å². The Morgan fingerprint density at radius 3 is 2.85 bits per heavy atom. The maximum atomic E-state index is 10.2. The highest BCUT2D eigenvalue weighted by Gasteiger charge is 1.98. The zero-order chi connectivity index (χ0) is 9.68. The molecule has 0 radical (unpaired) electrons. The van der Waals surface area contributed by atoms with Gasteiger partial charge in [0.2, 0.25) is 0 Å². The number of carboxylic acids is 1. The third-order valence-electron chi connectivity index (χ3n) is 1.70. The molecule has 0 unspecified atom stereocenters. The lowest BCUT2D eigenvalue weighted by Gasteiger charge is -1.98. The van der Waals surface area contributed by atoms with Crippen LogP contribution in [0.1, 0.15) is 18.4 Å². The Kier molecular flexibility index (Phi) is 3.25. The molecule has 0 spiro atoms. The minimum absolute atomic E-state index is 0.199. The molecule has 70 valence electrons. The van der Waals surface area contributed by atoms with Gasteiger partial charge in [0.1, 0.15) is 5.82 Å². The van der Waals surface area contributed by atoms with Gasteiger partial charge in [-0.1, -0.05) is 6.07 Å². The number of carbonyl (C=O) groups is 1. The molecule has 0 aliphatic carbocycles. The number of nitrogen functional groups attached to an aromatic ring is 1. The van der Waals surface area contributed by atoms with E-state index in [1.807, 2.05) is 6.07 Å². The quantitative estimate of drug-likeness (QED) is 0.726. The van der Waals surface area contributed by atoms with Gasteiger partial charge in [0, 0.05) is 12.6 Å². The molecule has 0 saturated carbocycles. The van der Waals surface area contributed by atoms with Gasteiger partial charge in [-0.15, -0.1) is 0 Å². The Morgan fingerprint density at radius 2 is 2.31 bits per heavy atom. The average molecular weight is 180 g/mol. The summed E-state index contributed by atoms with van der Waals surface area (Å²) in [5, 5.41) is 8.40. The van der Waals surface area contributed by atoms with Crippen LogP contribution in [0, 0.1) is 0 Å². The number of hydrogen-bond acceptors (Lipinski definition) is 3. The molecule has 0 aliphatic rings. The Labute approximate surface area is 76.4 Å². The molecule has 0 bridgehead atoms. The van der Waals surface area contributed by atoms with Crippen molar-refractivity contribution in [2.24, 2.45) is 0 Å². The smallest absolute Gasteiger partial charge is 0.303 e. The number of aryl methyl sites for hydroxylation is 1. The number of aliphatic carboxylic acids is 1. The van der Waals surface area contributed by atoms with E-state index in [0.29, 0.717) is 12.2 Å². The molecule has 0 aliphatic heterocycles. The van der Waals surface area contributed by atoms with Crippen molar-refractivity contribution in [1.82, 2.24) is 4.98 Å². The third kappa shape index (κ3) is 3.55. The summed E-state index contributed by atoms with van der Waals surface area (Å²) in [7, 11) is 0. The fourth-order valence-electron chi connectivity index (χ4n) is 1.03. The summed E-state index contributed by atoms with van der Waals surface area (Å²) in [6.45, 7) is 0. The molecule has 0 amide bonds. The van der Waals surface area contributed by atoms with Gasteiger partial charge in [0.05, 0.1) is 0 Å². The number of anilines is 1. The molecule has 13 heavy (non-hydrogen) atoms. The average Bonchev–Trinajstić information content (AvgIpc) is 2.08. The standard InChI is InChI=1S/C9H12N2O2/c10-8-5-4-7(6-11-8)2-1-3-9(12)13/h4-6H,1-3H2,(H2,10,11)(H,12,13). The van der Waals surface area contributed by atoms with E-state index in [1.165, 1.54) is 0 Å². The summed E-state index contributed by atoms with van der Waals surface area (Å²) < 4.78 is 0. The second-order valence-corrected chi connectivity index (χ2v) is 2.84. The monoisotopic (exact) mass is 180 g/mol. The highest BCUT2D eigenvalue weighted by atomic mass is 16.4. The molecule has 0 saturated heterocycles. The van der Waals surface area contributed by atoms with E-state index in [9.17, 15) is 4.79 Å². The van der Waals surface area contributed by atoms with E-state index in [4.69, 9.17) is 10.8 Å². The molecule has 4 heteroatoms. The molecule has 1 rings (SSSR count). The molecular formula is C9H12N2O2. The van der Waals surface area contributed by atoms with Crippen LogP contribution in [0.4, 0.5) is 5.82 Å². The van der Waals surface area contributed by atoms with E-state index < -0.39 is 5.97 Å². The number of aromatic nitrogens is 1. The van der Waals surface area contributed by atoms with Crippen molar-refractivity contribution in [3.8, 4) is 0 Å². The summed E-state index contributed by atoms with van der Waals surface area (Å²) in [5.74, 6) is -0.273. The molecule has 0 fully saturated rings. The van der Waals surface area contributed by atoms with Gasteiger partial charge < -0.3 is 10.8 Å². The predicted molar refractivity (Wildman–Crippen MR) is 49.2 cm³/mol. The first-order valence-electron chi connectivity index (χ1n) is 4.10. The van der Waals surface area contributed by atoms with Gasteiger partial charge in [-0.25, -0.2) is 4.98 Å². The van der Waals surface area contributed by atoms with Gasteiger partial charge in [-0.05, 0) is 24.5 Å². The molecule has 3 N–H and O–H groups in total. The number of rotatable bonds is 4. The largest absolute Gasteiger partial charge is 0.481 e. The van der Waals surface area contributed by atoms with Crippen LogP contribution in [0.25, 0.3) is 0 Å². The van der Waals surface area contributed by atoms with Gasteiger partial charge in [0.15, 0.2) is 0 Å². The molecule has 1 aromatic rings. The normalized spacial score (nSPS) is 9.85. The molecule has 0 atom stereocenters. The van der Waals surface area contributed by atoms with Crippen LogP contribution in [0.5, 0.6) is 0 Å². The lowest BCUT2D eigenvalue weighted by atomic mass is 10.1.